The molecule has 7 N–H and O–H groups in total. The van der Waals surface area contributed by atoms with Crippen molar-refractivity contribution in [2.24, 2.45) is 11.5 Å². The van der Waals surface area contributed by atoms with Gasteiger partial charge in [-0.3, -0.25) is 14.9 Å². The number of hydrogen-bond donors (Lipinski definition) is 4. The summed E-state index contributed by atoms with van der Waals surface area (Å²) in [5.74, 6) is -0.823. The Morgan fingerprint density at radius 3 is 2.36 bits per heavy atom. The molecule has 1 heterocycles. The number of nitrogens with zero attached hydrogens (tertiary/aromatic N) is 3. The molecule has 0 fully saturated rings. The summed E-state index contributed by atoms with van der Waals surface area (Å²) in [6.45, 7) is 6.18. The Bertz CT molecular complexity index is 1400. The van der Waals surface area contributed by atoms with E-state index in [1.165, 1.54) is 12.1 Å². The summed E-state index contributed by atoms with van der Waals surface area (Å²) in [5, 5.41) is 7.19. The van der Waals surface area contributed by atoms with Crippen molar-refractivity contribution >= 4 is 34.1 Å². The third kappa shape index (κ3) is 4.60. The third-order valence-corrected chi connectivity index (χ3v) is 6.32. The maximum absolute atomic E-state index is 15.3. The number of benzene rings is 3. The lowest BCUT2D eigenvalue weighted by atomic mass is 9.97. The number of nitrogens with one attached hydrogen (secondary N) is 1. The van der Waals surface area contributed by atoms with Crippen LogP contribution in [0.25, 0.3) is 22.0 Å². The van der Waals surface area contributed by atoms with Gasteiger partial charge in [0, 0.05) is 18.7 Å². The van der Waals surface area contributed by atoms with Crippen LogP contribution in [-0.4, -0.2) is 34.2 Å². The zero-order valence-electron chi connectivity index (χ0n) is 20.2. The summed E-state index contributed by atoms with van der Waals surface area (Å²) >= 11 is 0. The van der Waals surface area contributed by atoms with E-state index in [0.717, 1.165) is 23.6 Å². The topological polar surface area (TPSA) is 130 Å². The number of nitrogen functional groups attached to an aromatic ring is 1. The standard InChI is InChI=1S/C26H29F2N7O/c1-3-34(4-2)14-17-12-19(22-24(23(17)28)32-33-25(22)30)16-6-8-18(9-7-16)35(26(31)36)21-11-15(13-29)5-10-20(21)27/h5-12H,3-4,13-14,29H2,1-2H3,(H2,31,36)(H3,30,32,33). The van der Waals surface area contributed by atoms with Crippen molar-refractivity contribution in [3.63, 3.8) is 0 Å². The molecule has 188 valence electrons. The van der Waals surface area contributed by atoms with Gasteiger partial charge in [-0.25, -0.2) is 13.6 Å². The fraction of sp³-hybridized carbons (Fsp3) is 0.231. The molecule has 0 unspecified atom stereocenters. The molecule has 4 aromatic rings. The predicted octanol–water partition coefficient (Wildman–Crippen LogP) is 4.61. The Hall–Kier alpha value is -4.02. The van der Waals surface area contributed by atoms with Crippen molar-refractivity contribution in [3.8, 4) is 11.1 Å². The van der Waals surface area contributed by atoms with Gasteiger partial charge in [-0.15, -0.1) is 0 Å². The van der Waals surface area contributed by atoms with E-state index in [0.29, 0.717) is 34.3 Å². The van der Waals surface area contributed by atoms with E-state index < -0.39 is 17.7 Å². The molecular weight excluding hydrogens is 464 g/mol. The molecule has 10 heteroatoms. The van der Waals surface area contributed by atoms with Crippen LogP contribution in [0, 0.1) is 11.6 Å². The fourth-order valence-electron chi connectivity index (χ4n) is 4.32. The van der Waals surface area contributed by atoms with Crippen LogP contribution in [-0.2, 0) is 13.1 Å². The zero-order chi connectivity index (χ0) is 26.0. The van der Waals surface area contributed by atoms with E-state index in [1.807, 2.05) is 13.8 Å². The molecule has 3 aromatic carbocycles. The first-order valence-electron chi connectivity index (χ1n) is 11.6. The second kappa shape index (κ2) is 10.3. The average Bonchev–Trinajstić information content (AvgIpc) is 3.27. The van der Waals surface area contributed by atoms with Crippen LogP contribution in [0.2, 0.25) is 0 Å². The Labute approximate surface area is 207 Å². The van der Waals surface area contributed by atoms with Crippen LogP contribution in [0.4, 0.5) is 30.8 Å². The number of amides is 2. The van der Waals surface area contributed by atoms with Gasteiger partial charge >= 0.3 is 6.03 Å². The molecule has 1 aromatic heterocycles. The number of aromatic nitrogens is 2. The minimum absolute atomic E-state index is 0.00274. The number of carbonyl (C=O) groups is 1. The number of halogens is 2. The van der Waals surface area contributed by atoms with Gasteiger partial charge in [0.2, 0.25) is 0 Å². The summed E-state index contributed by atoms with van der Waals surface area (Å²) in [5.41, 5.74) is 20.5. The van der Waals surface area contributed by atoms with Crippen LogP contribution in [0.3, 0.4) is 0 Å². The highest BCUT2D eigenvalue weighted by atomic mass is 19.1. The molecule has 4 rings (SSSR count). The Morgan fingerprint density at radius 1 is 1.06 bits per heavy atom. The molecule has 0 radical (unpaired) electrons. The van der Waals surface area contributed by atoms with Crippen molar-refractivity contribution in [1.29, 1.82) is 0 Å². The van der Waals surface area contributed by atoms with Crippen molar-refractivity contribution < 1.29 is 13.6 Å². The number of nitrogens with two attached hydrogens (primary N) is 3. The second-order valence-electron chi connectivity index (χ2n) is 8.43. The molecule has 0 aliphatic heterocycles. The number of H-pyrrole nitrogens is 1. The molecule has 0 saturated carbocycles. The normalized spacial score (nSPS) is 11.4. The summed E-state index contributed by atoms with van der Waals surface area (Å²) in [4.78, 5) is 15.5. The summed E-state index contributed by atoms with van der Waals surface area (Å²) < 4.78 is 29.9. The number of urea groups is 1. The van der Waals surface area contributed by atoms with Gasteiger partial charge in [0.1, 0.15) is 11.3 Å². The van der Waals surface area contributed by atoms with Gasteiger partial charge in [0.25, 0.3) is 0 Å². The van der Waals surface area contributed by atoms with Gasteiger partial charge in [-0.05, 0) is 60.1 Å². The van der Waals surface area contributed by atoms with Gasteiger partial charge in [-0.2, -0.15) is 5.10 Å². The van der Waals surface area contributed by atoms with Crippen LogP contribution in [0.5, 0.6) is 0 Å². The minimum atomic E-state index is -0.847. The second-order valence-corrected chi connectivity index (χ2v) is 8.43. The summed E-state index contributed by atoms with van der Waals surface area (Å²) in [6.07, 6.45) is 0. The number of fused-ring (bicyclic) bond motifs is 1. The Kier molecular flexibility index (Phi) is 7.18. The van der Waals surface area contributed by atoms with E-state index in [1.54, 1.807) is 36.4 Å². The first kappa shape index (κ1) is 25.1. The SMILES string of the molecule is CCN(CC)Cc1cc(-c2ccc(N(C(N)=O)c3cc(CN)ccc3F)cc2)c2c(N)n[nH]c2c1F. The maximum atomic E-state index is 15.3. The van der Waals surface area contributed by atoms with E-state index >= 15 is 4.39 Å². The quantitative estimate of drug-likeness (QED) is 0.285. The first-order valence-corrected chi connectivity index (χ1v) is 11.6. The number of primary amides is 1. The van der Waals surface area contributed by atoms with Crippen molar-refractivity contribution in [3.05, 3.63) is 71.3 Å². The number of hydrogen-bond acceptors (Lipinski definition) is 5. The molecule has 0 saturated heterocycles. The number of carbonyl (C=O) groups excluding carboxylic acids is 1. The predicted molar refractivity (Wildman–Crippen MR) is 139 cm³/mol. The molecule has 0 aliphatic carbocycles. The number of rotatable bonds is 8. The summed E-state index contributed by atoms with van der Waals surface area (Å²) in [6, 6.07) is 12.0. The van der Waals surface area contributed by atoms with Crippen molar-refractivity contribution in [1.82, 2.24) is 15.1 Å². The first-order chi connectivity index (χ1) is 17.3. The molecule has 36 heavy (non-hydrogen) atoms. The smallest absolute Gasteiger partial charge is 0.323 e. The van der Waals surface area contributed by atoms with Gasteiger partial charge < -0.3 is 17.2 Å². The molecule has 0 spiro atoms. The average molecular weight is 494 g/mol. The fourth-order valence-corrected chi connectivity index (χ4v) is 4.32. The summed E-state index contributed by atoms with van der Waals surface area (Å²) in [7, 11) is 0. The third-order valence-electron chi connectivity index (χ3n) is 6.32. The van der Waals surface area contributed by atoms with Gasteiger partial charge in [0.15, 0.2) is 11.6 Å². The van der Waals surface area contributed by atoms with Crippen molar-refractivity contribution in [2.75, 3.05) is 23.7 Å². The van der Waals surface area contributed by atoms with Crippen LogP contribution < -0.4 is 22.1 Å². The maximum Gasteiger partial charge on any atom is 0.323 e. The molecule has 0 atom stereocenters. The molecule has 0 bridgehead atoms. The lowest BCUT2D eigenvalue weighted by Crippen LogP contribution is -2.32. The van der Waals surface area contributed by atoms with Crippen LogP contribution in [0.15, 0.2) is 48.5 Å². The van der Waals surface area contributed by atoms with Gasteiger partial charge in [-0.1, -0.05) is 32.0 Å². The highest BCUT2D eigenvalue weighted by molar-refractivity contribution is 6.03. The van der Waals surface area contributed by atoms with E-state index in [9.17, 15) is 9.18 Å². The lowest BCUT2D eigenvalue weighted by molar-refractivity contribution is 0.256. The van der Waals surface area contributed by atoms with Crippen LogP contribution in [0.1, 0.15) is 25.0 Å². The molecule has 0 aliphatic rings. The van der Waals surface area contributed by atoms with Gasteiger partial charge in [0.05, 0.1) is 16.8 Å². The Morgan fingerprint density at radius 2 is 1.75 bits per heavy atom. The largest absolute Gasteiger partial charge is 0.382 e. The van der Waals surface area contributed by atoms with Crippen LogP contribution >= 0.6 is 0 Å². The van der Waals surface area contributed by atoms with Crippen molar-refractivity contribution in [2.45, 2.75) is 26.9 Å². The molecule has 8 nitrogen and oxygen atoms in total. The lowest BCUT2D eigenvalue weighted by Gasteiger charge is -2.22. The number of aromatic amines is 1. The molecular formula is C26H29F2N7O. The minimum Gasteiger partial charge on any atom is -0.382 e. The Balaban J connectivity index is 1.80. The number of anilines is 3. The highest BCUT2D eigenvalue weighted by Gasteiger charge is 2.22. The zero-order valence-corrected chi connectivity index (χ0v) is 20.2. The van der Waals surface area contributed by atoms with E-state index in [-0.39, 0.29) is 23.6 Å². The highest BCUT2D eigenvalue weighted by Crippen LogP contribution is 2.37. The van der Waals surface area contributed by atoms with E-state index in [2.05, 4.69) is 15.1 Å². The monoisotopic (exact) mass is 493 g/mol. The van der Waals surface area contributed by atoms with E-state index in [4.69, 9.17) is 17.2 Å². The molecule has 2 amide bonds.